The zero-order valence-corrected chi connectivity index (χ0v) is 6.68. The molecule has 0 aliphatic heterocycles. The quantitative estimate of drug-likeness (QED) is 0.599. The Morgan fingerprint density at radius 3 is 2.73 bits per heavy atom. The van der Waals surface area contributed by atoms with Gasteiger partial charge in [-0.05, 0) is 32.1 Å². The summed E-state index contributed by atoms with van der Waals surface area (Å²) >= 11 is 0. The number of hydrogen-bond acceptors (Lipinski definition) is 2. The van der Waals surface area contributed by atoms with Gasteiger partial charge in [-0.25, -0.2) is 0 Å². The van der Waals surface area contributed by atoms with Crippen LogP contribution in [0.15, 0.2) is 0 Å². The lowest BCUT2D eigenvalue weighted by atomic mass is 9.95. The predicted octanol–water partition coefficient (Wildman–Crippen LogP) is 0.208. The zero-order valence-electron chi connectivity index (χ0n) is 6.68. The number of hydrogen-bond donors (Lipinski definition) is 2. The molecule has 1 aliphatic rings. The molecular weight excluding hydrogens is 140 g/mol. The van der Waals surface area contributed by atoms with Crippen molar-refractivity contribution in [2.75, 3.05) is 6.54 Å². The number of nitrogens with two attached hydrogens (primary N) is 1. The third-order valence-corrected chi connectivity index (χ3v) is 1.99. The van der Waals surface area contributed by atoms with E-state index in [0.717, 1.165) is 25.7 Å². The van der Waals surface area contributed by atoms with Crippen molar-refractivity contribution >= 4 is 5.91 Å². The minimum Gasteiger partial charge on any atom is -0.352 e. The van der Waals surface area contributed by atoms with Gasteiger partial charge in [0.25, 0.3) is 0 Å². The van der Waals surface area contributed by atoms with Crippen molar-refractivity contribution in [1.29, 1.82) is 0 Å². The maximum absolute atomic E-state index is 10.8. The topological polar surface area (TPSA) is 55.1 Å². The van der Waals surface area contributed by atoms with Crippen molar-refractivity contribution < 1.29 is 4.79 Å². The summed E-state index contributed by atoms with van der Waals surface area (Å²) < 4.78 is 0. The summed E-state index contributed by atoms with van der Waals surface area (Å²) in [4.78, 5) is 10.8. The molecule has 0 atom stereocenters. The van der Waals surface area contributed by atoms with Crippen molar-refractivity contribution in [1.82, 2.24) is 5.32 Å². The first-order valence-electron chi connectivity index (χ1n) is 4.14. The van der Waals surface area contributed by atoms with E-state index in [0.29, 0.717) is 6.04 Å². The number of rotatable bonds is 2. The molecule has 0 unspecified atom stereocenters. The van der Waals surface area contributed by atoms with Gasteiger partial charge in [0.2, 0.25) is 5.91 Å². The van der Waals surface area contributed by atoms with E-state index in [9.17, 15) is 4.79 Å². The van der Waals surface area contributed by atoms with Crippen molar-refractivity contribution in [3.05, 3.63) is 6.42 Å². The molecule has 0 aromatic heterocycles. The molecule has 11 heavy (non-hydrogen) atoms. The average molecular weight is 155 g/mol. The molecule has 3 nitrogen and oxygen atoms in total. The van der Waals surface area contributed by atoms with Crippen LogP contribution in [0, 0.1) is 6.42 Å². The monoisotopic (exact) mass is 155 g/mol. The van der Waals surface area contributed by atoms with E-state index in [4.69, 9.17) is 5.73 Å². The zero-order chi connectivity index (χ0) is 8.10. The maximum atomic E-state index is 10.8. The van der Waals surface area contributed by atoms with Crippen molar-refractivity contribution in [2.24, 2.45) is 5.73 Å². The second-order valence-corrected chi connectivity index (χ2v) is 2.91. The Hall–Kier alpha value is -0.570. The molecule has 1 radical (unpaired) electrons. The highest BCUT2D eigenvalue weighted by molar-refractivity contribution is 5.78. The second-order valence-electron chi connectivity index (χ2n) is 2.91. The predicted molar refractivity (Wildman–Crippen MR) is 43.8 cm³/mol. The molecule has 0 saturated heterocycles. The molecule has 3 heteroatoms. The third-order valence-electron chi connectivity index (χ3n) is 1.99. The van der Waals surface area contributed by atoms with Gasteiger partial charge in [0, 0.05) is 6.04 Å². The molecular formula is C8H15N2O. The van der Waals surface area contributed by atoms with Crippen molar-refractivity contribution in [3.8, 4) is 0 Å². The summed E-state index contributed by atoms with van der Waals surface area (Å²) in [5.41, 5.74) is 5.17. The Kier molecular flexibility index (Phi) is 3.36. The summed E-state index contributed by atoms with van der Waals surface area (Å²) in [5.74, 6) is -0.0306. The van der Waals surface area contributed by atoms with Crippen LogP contribution in [0.25, 0.3) is 0 Å². The van der Waals surface area contributed by atoms with Crippen LogP contribution in [0.5, 0.6) is 0 Å². The van der Waals surface area contributed by atoms with Crippen LogP contribution < -0.4 is 11.1 Å². The van der Waals surface area contributed by atoms with Gasteiger partial charge < -0.3 is 11.1 Å². The minimum absolute atomic E-state index is 0.0306. The SMILES string of the molecule is NCC(=O)NC1CC[CH]CC1. The standard InChI is InChI=1S/C8H15N2O/c9-6-8(11)10-7-4-2-1-3-5-7/h1,7H,2-6,9H2,(H,10,11). The highest BCUT2D eigenvalue weighted by Gasteiger charge is 2.14. The van der Waals surface area contributed by atoms with E-state index in [1.54, 1.807) is 0 Å². The van der Waals surface area contributed by atoms with Gasteiger partial charge in [0.05, 0.1) is 6.54 Å². The second kappa shape index (κ2) is 4.34. The fourth-order valence-corrected chi connectivity index (χ4v) is 1.36. The molecule has 0 aromatic carbocycles. The fraction of sp³-hybridized carbons (Fsp3) is 0.750. The van der Waals surface area contributed by atoms with Crippen molar-refractivity contribution in [3.63, 3.8) is 0 Å². The summed E-state index contributed by atoms with van der Waals surface area (Å²) in [6.07, 6.45) is 6.66. The molecule has 1 saturated carbocycles. The first-order valence-corrected chi connectivity index (χ1v) is 4.14. The van der Waals surface area contributed by atoms with Gasteiger partial charge in [-0.3, -0.25) is 4.79 Å². The van der Waals surface area contributed by atoms with Gasteiger partial charge >= 0.3 is 0 Å². The van der Waals surface area contributed by atoms with Crippen LogP contribution in [0.1, 0.15) is 25.7 Å². The number of amides is 1. The summed E-state index contributed by atoms with van der Waals surface area (Å²) in [6, 6.07) is 0.371. The first-order chi connectivity index (χ1) is 5.33. The molecule has 0 bridgehead atoms. The highest BCUT2D eigenvalue weighted by atomic mass is 16.1. The van der Waals surface area contributed by atoms with E-state index in [-0.39, 0.29) is 12.5 Å². The molecule has 1 aliphatic carbocycles. The molecule has 1 fully saturated rings. The Balaban J connectivity index is 2.19. The Bertz CT molecular complexity index is 130. The third kappa shape index (κ3) is 2.89. The first kappa shape index (κ1) is 8.53. The van der Waals surface area contributed by atoms with Crippen molar-refractivity contribution in [2.45, 2.75) is 31.7 Å². The molecule has 1 rings (SSSR count). The van der Waals surface area contributed by atoms with E-state index in [1.165, 1.54) is 0 Å². The van der Waals surface area contributed by atoms with E-state index in [2.05, 4.69) is 11.7 Å². The lowest BCUT2D eigenvalue weighted by Gasteiger charge is -2.22. The molecule has 63 valence electrons. The largest absolute Gasteiger partial charge is 0.352 e. The van der Waals surface area contributed by atoms with E-state index < -0.39 is 0 Å². The lowest BCUT2D eigenvalue weighted by molar-refractivity contribution is -0.120. The Morgan fingerprint density at radius 1 is 1.55 bits per heavy atom. The van der Waals surface area contributed by atoms with Crippen LogP contribution >= 0.6 is 0 Å². The van der Waals surface area contributed by atoms with Crippen LogP contribution in [-0.4, -0.2) is 18.5 Å². The number of nitrogens with one attached hydrogen (secondary N) is 1. The summed E-state index contributed by atoms with van der Waals surface area (Å²) in [5, 5.41) is 2.88. The number of carbonyl (C=O) groups is 1. The molecule has 1 amide bonds. The summed E-state index contributed by atoms with van der Waals surface area (Å²) in [7, 11) is 0. The Morgan fingerprint density at radius 2 is 2.18 bits per heavy atom. The highest BCUT2D eigenvalue weighted by Crippen LogP contribution is 2.15. The van der Waals surface area contributed by atoms with Gasteiger partial charge in [0.1, 0.15) is 0 Å². The van der Waals surface area contributed by atoms with E-state index >= 15 is 0 Å². The van der Waals surface area contributed by atoms with Gasteiger partial charge in [-0.15, -0.1) is 0 Å². The molecule has 0 spiro atoms. The van der Waals surface area contributed by atoms with Crippen LogP contribution in [-0.2, 0) is 4.79 Å². The van der Waals surface area contributed by atoms with Crippen LogP contribution in [0.3, 0.4) is 0 Å². The number of carbonyl (C=O) groups excluding carboxylic acids is 1. The van der Waals surface area contributed by atoms with E-state index in [1.807, 2.05) is 0 Å². The average Bonchev–Trinajstić information content (AvgIpc) is 2.06. The summed E-state index contributed by atoms with van der Waals surface area (Å²) in [6.45, 7) is 0.111. The molecule has 0 heterocycles. The van der Waals surface area contributed by atoms with Gasteiger partial charge in [0.15, 0.2) is 0 Å². The Labute approximate surface area is 67.3 Å². The van der Waals surface area contributed by atoms with Gasteiger partial charge in [-0.2, -0.15) is 0 Å². The normalized spacial score (nSPS) is 19.7. The van der Waals surface area contributed by atoms with Gasteiger partial charge in [-0.1, -0.05) is 0 Å². The lowest BCUT2D eigenvalue weighted by Crippen LogP contribution is -2.39. The van der Waals surface area contributed by atoms with Crippen LogP contribution in [0.2, 0.25) is 0 Å². The van der Waals surface area contributed by atoms with Crippen LogP contribution in [0.4, 0.5) is 0 Å². The smallest absolute Gasteiger partial charge is 0.233 e. The molecule has 3 N–H and O–H groups in total. The minimum atomic E-state index is -0.0306. The maximum Gasteiger partial charge on any atom is 0.233 e. The molecule has 0 aromatic rings. The fourth-order valence-electron chi connectivity index (χ4n) is 1.36.